The summed E-state index contributed by atoms with van der Waals surface area (Å²) in [6.07, 6.45) is -5.13. The number of carbonyl (C=O) groups excluding carboxylic acids is 2. The van der Waals surface area contributed by atoms with E-state index in [1.54, 1.807) is 34.1 Å². The summed E-state index contributed by atoms with van der Waals surface area (Å²) >= 11 is 0. The number of hydrogen-bond acceptors (Lipinski definition) is 5. The quantitative estimate of drug-likeness (QED) is 0.389. The molecule has 3 N–H and O–H groups in total. The van der Waals surface area contributed by atoms with E-state index in [1.807, 2.05) is 31.2 Å². The van der Waals surface area contributed by atoms with E-state index in [0.29, 0.717) is 32.7 Å². The van der Waals surface area contributed by atoms with Crippen molar-refractivity contribution in [2.45, 2.75) is 50.7 Å². The van der Waals surface area contributed by atoms with Crippen LogP contribution in [0.15, 0.2) is 72.8 Å². The van der Waals surface area contributed by atoms with Gasteiger partial charge in [0, 0.05) is 38.8 Å². The number of nitrogens with two attached hydrogens (primary N) is 1. The van der Waals surface area contributed by atoms with E-state index in [0.717, 1.165) is 22.3 Å². The summed E-state index contributed by atoms with van der Waals surface area (Å²) in [6.45, 7) is 4.57. The van der Waals surface area contributed by atoms with Gasteiger partial charge in [-0.2, -0.15) is 13.2 Å². The number of alkyl halides is 3. The molecular weight excluding hydrogens is 599 g/mol. The van der Waals surface area contributed by atoms with E-state index < -0.39 is 18.2 Å². The van der Waals surface area contributed by atoms with Crippen molar-refractivity contribution < 1.29 is 41.4 Å². The standard InChI is InChI=1S/C30H32F2N4O2.C2HF3O2/c1-20-17-34(28(37)16-27(33)30(38)35-18-23-4-2-3-5-24(23)19-35)14-15-36(20)29(21-6-10-25(31)11-7-21)22-8-12-26(32)13-9-22;3-2(4,5)1(6)7/h2-13,20,27,29H,14-19,33H2,1H3;(H,6,7)/t20-,27-;/m0./s1. The highest BCUT2D eigenvalue weighted by molar-refractivity contribution is 5.88. The molecule has 1 saturated heterocycles. The molecule has 0 bridgehead atoms. The van der Waals surface area contributed by atoms with E-state index in [4.69, 9.17) is 15.6 Å². The fourth-order valence-electron chi connectivity index (χ4n) is 5.58. The Morgan fingerprint density at radius 3 is 1.73 bits per heavy atom. The Morgan fingerprint density at radius 1 is 0.844 bits per heavy atom. The van der Waals surface area contributed by atoms with Crippen LogP contribution in [0.1, 0.15) is 41.6 Å². The number of aliphatic carboxylic acids is 1. The average Bonchev–Trinajstić information content (AvgIpc) is 3.43. The minimum Gasteiger partial charge on any atom is -0.475 e. The number of carboxylic acid groups (broad SMARTS) is 1. The first-order valence-electron chi connectivity index (χ1n) is 14.2. The first kappa shape index (κ1) is 33.5. The van der Waals surface area contributed by atoms with Crippen LogP contribution in [0.5, 0.6) is 0 Å². The van der Waals surface area contributed by atoms with Gasteiger partial charge in [0.05, 0.1) is 18.5 Å². The molecule has 0 radical (unpaired) electrons. The maximum atomic E-state index is 13.6. The van der Waals surface area contributed by atoms with Crippen molar-refractivity contribution in [3.05, 3.63) is 107 Å². The van der Waals surface area contributed by atoms with Crippen molar-refractivity contribution in [2.75, 3.05) is 19.6 Å². The molecule has 0 saturated carbocycles. The highest BCUT2D eigenvalue weighted by Crippen LogP contribution is 2.32. The molecule has 1 fully saturated rings. The lowest BCUT2D eigenvalue weighted by molar-refractivity contribution is -0.192. The Morgan fingerprint density at radius 2 is 1.31 bits per heavy atom. The number of fused-ring (bicyclic) bond motifs is 1. The van der Waals surface area contributed by atoms with Crippen LogP contribution in [0, 0.1) is 11.6 Å². The monoisotopic (exact) mass is 632 g/mol. The van der Waals surface area contributed by atoms with Crippen molar-refractivity contribution in [3.8, 4) is 0 Å². The van der Waals surface area contributed by atoms with Crippen LogP contribution < -0.4 is 5.73 Å². The second kappa shape index (κ2) is 14.2. The number of piperazine rings is 1. The third-order valence-electron chi connectivity index (χ3n) is 7.84. The van der Waals surface area contributed by atoms with Crippen molar-refractivity contribution >= 4 is 17.8 Å². The Bertz CT molecular complexity index is 1430. The molecule has 3 aromatic carbocycles. The van der Waals surface area contributed by atoms with E-state index in [2.05, 4.69) is 4.90 Å². The predicted octanol–water partition coefficient (Wildman–Crippen LogP) is 4.48. The van der Waals surface area contributed by atoms with Crippen molar-refractivity contribution in [1.29, 1.82) is 0 Å². The molecule has 240 valence electrons. The Hall–Kier alpha value is -4.36. The van der Waals surface area contributed by atoms with Gasteiger partial charge < -0.3 is 20.6 Å². The van der Waals surface area contributed by atoms with Gasteiger partial charge in [0.1, 0.15) is 11.6 Å². The molecule has 3 aromatic rings. The Labute approximate surface area is 256 Å². The molecule has 5 rings (SSSR count). The zero-order chi connectivity index (χ0) is 32.9. The number of benzene rings is 3. The number of amides is 2. The van der Waals surface area contributed by atoms with Gasteiger partial charge in [0.2, 0.25) is 11.8 Å². The molecule has 0 aromatic heterocycles. The lowest BCUT2D eigenvalue weighted by atomic mass is 9.94. The van der Waals surface area contributed by atoms with E-state index >= 15 is 0 Å². The Balaban J connectivity index is 0.000000591. The van der Waals surface area contributed by atoms with Crippen molar-refractivity contribution in [2.24, 2.45) is 5.73 Å². The third kappa shape index (κ3) is 8.43. The summed E-state index contributed by atoms with van der Waals surface area (Å²) in [6, 6.07) is 19.4. The first-order valence-corrected chi connectivity index (χ1v) is 14.2. The number of halogens is 5. The van der Waals surface area contributed by atoms with Crippen LogP contribution in [0.25, 0.3) is 0 Å². The molecule has 2 aliphatic rings. The molecule has 2 aliphatic heterocycles. The number of carbonyl (C=O) groups is 3. The molecule has 8 nitrogen and oxygen atoms in total. The molecule has 0 aliphatic carbocycles. The second-order valence-corrected chi connectivity index (χ2v) is 11.0. The SMILES string of the molecule is C[C@H]1CN(C(=O)C[C@H](N)C(=O)N2Cc3ccccc3C2)CCN1C(c1ccc(F)cc1)c1ccc(F)cc1.O=C(O)C(F)(F)F. The Kier molecular flexibility index (Phi) is 10.6. The molecule has 0 unspecified atom stereocenters. The molecule has 2 heterocycles. The summed E-state index contributed by atoms with van der Waals surface area (Å²) in [4.78, 5) is 40.7. The lowest BCUT2D eigenvalue weighted by Crippen LogP contribution is -2.55. The molecule has 0 spiro atoms. The number of hydrogen-bond donors (Lipinski definition) is 2. The van der Waals surface area contributed by atoms with Gasteiger partial charge in [-0.15, -0.1) is 0 Å². The lowest BCUT2D eigenvalue weighted by Gasteiger charge is -2.44. The topological polar surface area (TPSA) is 107 Å². The number of carboxylic acids is 1. The van der Waals surface area contributed by atoms with Crippen LogP contribution in [-0.2, 0) is 27.5 Å². The fraction of sp³-hybridized carbons (Fsp3) is 0.344. The van der Waals surface area contributed by atoms with Crippen LogP contribution >= 0.6 is 0 Å². The highest BCUT2D eigenvalue weighted by Gasteiger charge is 2.38. The number of nitrogens with zero attached hydrogens (tertiary/aromatic N) is 3. The second-order valence-electron chi connectivity index (χ2n) is 11.0. The summed E-state index contributed by atoms with van der Waals surface area (Å²) in [7, 11) is 0. The normalized spacial score (nSPS) is 17.4. The first-order chi connectivity index (χ1) is 21.2. The van der Waals surface area contributed by atoms with Gasteiger partial charge in [0.15, 0.2) is 0 Å². The van der Waals surface area contributed by atoms with Gasteiger partial charge >= 0.3 is 12.1 Å². The molecule has 2 atom stereocenters. The largest absolute Gasteiger partial charge is 0.490 e. The third-order valence-corrected chi connectivity index (χ3v) is 7.84. The summed E-state index contributed by atoms with van der Waals surface area (Å²) in [5.41, 5.74) is 10.2. The van der Waals surface area contributed by atoms with Gasteiger partial charge in [-0.3, -0.25) is 14.5 Å². The van der Waals surface area contributed by atoms with Crippen LogP contribution in [0.2, 0.25) is 0 Å². The molecule has 2 amide bonds. The van der Waals surface area contributed by atoms with Gasteiger partial charge in [-0.25, -0.2) is 13.6 Å². The minimum atomic E-state index is -5.08. The van der Waals surface area contributed by atoms with Crippen LogP contribution in [0.4, 0.5) is 22.0 Å². The number of rotatable bonds is 6. The van der Waals surface area contributed by atoms with Gasteiger partial charge in [-0.1, -0.05) is 48.5 Å². The van der Waals surface area contributed by atoms with E-state index in [-0.39, 0.29) is 42.0 Å². The zero-order valence-corrected chi connectivity index (χ0v) is 24.4. The maximum Gasteiger partial charge on any atom is 0.490 e. The van der Waals surface area contributed by atoms with Gasteiger partial charge in [0.25, 0.3) is 0 Å². The van der Waals surface area contributed by atoms with E-state index in [9.17, 15) is 31.5 Å². The van der Waals surface area contributed by atoms with Gasteiger partial charge in [-0.05, 0) is 53.4 Å². The van der Waals surface area contributed by atoms with Crippen LogP contribution in [0.3, 0.4) is 0 Å². The van der Waals surface area contributed by atoms with Crippen LogP contribution in [-0.4, -0.2) is 75.5 Å². The average molecular weight is 633 g/mol. The molecular formula is C32H33F5N4O4. The highest BCUT2D eigenvalue weighted by atomic mass is 19.4. The minimum absolute atomic E-state index is 0.0344. The fourth-order valence-corrected chi connectivity index (χ4v) is 5.58. The summed E-state index contributed by atoms with van der Waals surface area (Å²) in [5.74, 6) is -3.76. The predicted molar refractivity (Wildman–Crippen MR) is 154 cm³/mol. The van der Waals surface area contributed by atoms with E-state index in [1.165, 1.54) is 24.3 Å². The molecule has 13 heteroatoms. The smallest absolute Gasteiger partial charge is 0.475 e. The molecule has 45 heavy (non-hydrogen) atoms. The zero-order valence-electron chi connectivity index (χ0n) is 24.4. The summed E-state index contributed by atoms with van der Waals surface area (Å²) in [5, 5.41) is 7.12. The summed E-state index contributed by atoms with van der Waals surface area (Å²) < 4.78 is 59.0. The van der Waals surface area contributed by atoms with Crippen molar-refractivity contribution in [1.82, 2.24) is 14.7 Å². The van der Waals surface area contributed by atoms with Crippen molar-refractivity contribution in [3.63, 3.8) is 0 Å². The maximum absolute atomic E-state index is 13.6.